The molecule has 0 saturated heterocycles. The maximum Gasteiger partial charge on any atom is 0.393 e. The van der Waals surface area contributed by atoms with Crippen molar-refractivity contribution in [2.75, 3.05) is 6.54 Å². The van der Waals surface area contributed by atoms with Gasteiger partial charge in [-0.05, 0) is 30.7 Å². The number of rotatable bonds is 7. The van der Waals surface area contributed by atoms with Gasteiger partial charge in [0.2, 0.25) is 10.0 Å². The van der Waals surface area contributed by atoms with Gasteiger partial charge in [0, 0.05) is 18.0 Å². The van der Waals surface area contributed by atoms with Crippen LogP contribution in [-0.2, 0) is 14.8 Å². The molecule has 1 atom stereocenters. The summed E-state index contributed by atoms with van der Waals surface area (Å²) in [5, 5.41) is 8.73. The highest BCUT2D eigenvalue weighted by Crippen LogP contribution is 2.29. The molecule has 0 aliphatic rings. The summed E-state index contributed by atoms with van der Waals surface area (Å²) in [6, 6.07) is 4.90. The van der Waals surface area contributed by atoms with Crippen LogP contribution in [0.2, 0.25) is 5.02 Å². The van der Waals surface area contributed by atoms with Crippen molar-refractivity contribution in [3.63, 3.8) is 0 Å². The third-order valence-electron chi connectivity index (χ3n) is 2.81. The van der Waals surface area contributed by atoms with Crippen molar-refractivity contribution in [2.45, 2.75) is 23.9 Å². The lowest BCUT2D eigenvalue weighted by atomic mass is 10.0. The van der Waals surface area contributed by atoms with E-state index in [4.69, 9.17) is 16.7 Å². The van der Waals surface area contributed by atoms with Gasteiger partial charge in [-0.3, -0.25) is 4.79 Å². The standard InChI is InChI=1S/C12H13ClF3NO4S/c13-9-2-4-10(5-3-9)22(20,21)17-7-8(12(14,15)16)1-6-11(18)19/h2-5,8,17H,1,6-7H2,(H,18,19)/t8-/m0/s1. The lowest BCUT2D eigenvalue weighted by Gasteiger charge is -2.20. The predicted octanol–water partition coefficient (Wildman–Crippen LogP) is 2.66. The zero-order valence-electron chi connectivity index (χ0n) is 11.1. The summed E-state index contributed by atoms with van der Waals surface area (Å²) in [5.41, 5.74) is 0. The molecule has 5 nitrogen and oxygen atoms in total. The molecule has 1 rings (SSSR count). The minimum Gasteiger partial charge on any atom is -0.481 e. The smallest absolute Gasteiger partial charge is 0.393 e. The fraction of sp³-hybridized carbons (Fsp3) is 0.417. The van der Waals surface area contributed by atoms with Crippen molar-refractivity contribution < 1.29 is 31.5 Å². The average molecular weight is 360 g/mol. The van der Waals surface area contributed by atoms with E-state index in [1.54, 1.807) is 0 Å². The van der Waals surface area contributed by atoms with Gasteiger partial charge in [-0.2, -0.15) is 13.2 Å². The number of carboxylic acid groups (broad SMARTS) is 1. The first-order chi connectivity index (χ1) is 10.0. The summed E-state index contributed by atoms with van der Waals surface area (Å²) < 4.78 is 63.9. The molecule has 22 heavy (non-hydrogen) atoms. The summed E-state index contributed by atoms with van der Waals surface area (Å²) >= 11 is 5.60. The van der Waals surface area contributed by atoms with Crippen LogP contribution in [0.3, 0.4) is 0 Å². The third-order valence-corrected chi connectivity index (χ3v) is 4.50. The zero-order valence-corrected chi connectivity index (χ0v) is 12.7. The Hall–Kier alpha value is -1.32. The Morgan fingerprint density at radius 1 is 1.27 bits per heavy atom. The number of carbonyl (C=O) groups is 1. The van der Waals surface area contributed by atoms with Gasteiger partial charge in [-0.1, -0.05) is 11.6 Å². The first kappa shape index (κ1) is 18.7. The Balaban J connectivity index is 2.78. The fourth-order valence-corrected chi connectivity index (χ4v) is 2.79. The number of alkyl halides is 3. The van der Waals surface area contributed by atoms with E-state index < -0.39 is 47.5 Å². The molecule has 0 heterocycles. The van der Waals surface area contributed by atoms with Gasteiger partial charge < -0.3 is 5.11 Å². The molecule has 0 aliphatic heterocycles. The second-order valence-corrected chi connectivity index (χ2v) is 6.68. The number of aliphatic carboxylic acids is 1. The maximum atomic E-state index is 12.8. The topological polar surface area (TPSA) is 83.5 Å². The molecular formula is C12H13ClF3NO4S. The molecule has 10 heteroatoms. The molecule has 0 radical (unpaired) electrons. The first-order valence-corrected chi connectivity index (χ1v) is 7.92. The summed E-state index contributed by atoms with van der Waals surface area (Å²) in [5.74, 6) is -3.46. The molecule has 0 aromatic heterocycles. The number of sulfonamides is 1. The van der Waals surface area contributed by atoms with Crippen molar-refractivity contribution >= 4 is 27.6 Å². The lowest BCUT2D eigenvalue weighted by Crippen LogP contribution is -2.36. The molecule has 0 amide bonds. The monoisotopic (exact) mass is 359 g/mol. The lowest BCUT2D eigenvalue weighted by molar-refractivity contribution is -0.175. The number of hydrogen-bond donors (Lipinski definition) is 2. The highest BCUT2D eigenvalue weighted by Gasteiger charge is 2.40. The molecular weight excluding hydrogens is 347 g/mol. The molecule has 0 aliphatic carbocycles. The normalized spacial score (nSPS) is 13.8. The largest absolute Gasteiger partial charge is 0.481 e. The number of halogens is 4. The number of hydrogen-bond acceptors (Lipinski definition) is 3. The van der Waals surface area contributed by atoms with Crippen LogP contribution in [0.4, 0.5) is 13.2 Å². The summed E-state index contributed by atoms with van der Waals surface area (Å²) in [4.78, 5) is 10.1. The van der Waals surface area contributed by atoms with Gasteiger partial charge in [-0.25, -0.2) is 13.1 Å². The molecule has 124 valence electrons. The van der Waals surface area contributed by atoms with Crippen molar-refractivity contribution in [2.24, 2.45) is 5.92 Å². The maximum absolute atomic E-state index is 12.8. The Kier molecular flexibility index (Phi) is 6.21. The molecule has 0 fully saturated rings. The quantitative estimate of drug-likeness (QED) is 0.784. The zero-order chi connectivity index (χ0) is 17.0. The van der Waals surface area contributed by atoms with Crippen LogP contribution in [0.5, 0.6) is 0 Å². The van der Waals surface area contributed by atoms with Crippen LogP contribution in [0.15, 0.2) is 29.2 Å². The Bertz CT molecular complexity index is 616. The Morgan fingerprint density at radius 3 is 2.27 bits per heavy atom. The molecule has 0 saturated carbocycles. The van der Waals surface area contributed by atoms with E-state index in [0.717, 1.165) is 12.1 Å². The predicted molar refractivity (Wildman–Crippen MR) is 73.1 cm³/mol. The highest BCUT2D eigenvalue weighted by atomic mass is 35.5. The molecule has 2 N–H and O–H groups in total. The van der Waals surface area contributed by atoms with Gasteiger partial charge in [0.15, 0.2) is 0 Å². The van der Waals surface area contributed by atoms with E-state index >= 15 is 0 Å². The van der Waals surface area contributed by atoms with Crippen LogP contribution in [-0.4, -0.2) is 32.2 Å². The average Bonchev–Trinajstić information content (AvgIpc) is 2.37. The summed E-state index contributed by atoms with van der Waals surface area (Å²) in [6.07, 6.45) is -6.10. The van der Waals surface area contributed by atoms with E-state index in [0.29, 0.717) is 0 Å². The van der Waals surface area contributed by atoms with Crippen LogP contribution in [0, 0.1) is 5.92 Å². The molecule has 1 aromatic carbocycles. The van der Waals surface area contributed by atoms with E-state index in [2.05, 4.69) is 0 Å². The van der Waals surface area contributed by atoms with Gasteiger partial charge in [-0.15, -0.1) is 0 Å². The van der Waals surface area contributed by atoms with E-state index in [1.165, 1.54) is 12.1 Å². The highest BCUT2D eigenvalue weighted by molar-refractivity contribution is 7.89. The number of nitrogens with one attached hydrogen (secondary N) is 1. The van der Waals surface area contributed by atoms with Crippen LogP contribution in [0.25, 0.3) is 0 Å². The second-order valence-electron chi connectivity index (χ2n) is 4.48. The van der Waals surface area contributed by atoms with E-state index in [-0.39, 0.29) is 9.92 Å². The number of carboxylic acids is 1. The van der Waals surface area contributed by atoms with Crippen LogP contribution in [0.1, 0.15) is 12.8 Å². The van der Waals surface area contributed by atoms with E-state index in [9.17, 15) is 26.4 Å². The molecule has 0 unspecified atom stereocenters. The van der Waals surface area contributed by atoms with Crippen LogP contribution >= 0.6 is 11.6 Å². The fourth-order valence-electron chi connectivity index (χ4n) is 1.59. The minimum atomic E-state index is -4.70. The van der Waals surface area contributed by atoms with Crippen LogP contribution < -0.4 is 4.72 Å². The van der Waals surface area contributed by atoms with Crippen molar-refractivity contribution in [1.29, 1.82) is 0 Å². The van der Waals surface area contributed by atoms with Crippen molar-refractivity contribution in [3.8, 4) is 0 Å². The summed E-state index contributed by atoms with van der Waals surface area (Å²) in [7, 11) is -4.13. The van der Waals surface area contributed by atoms with Gasteiger partial charge in [0.05, 0.1) is 10.8 Å². The SMILES string of the molecule is O=C(O)CC[C@@H](CNS(=O)(=O)c1ccc(Cl)cc1)C(F)(F)F. The summed E-state index contributed by atoms with van der Waals surface area (Å²) in [6.45, 7) is -0.929. The van der Waals surface area contributed by atoms with Gasteiger partial charge in [0.25, 0.3) is 0 Å². The first-order valence-electron chi connectivity index (χ1n) is 6.06. The molecule has 0 bridgehead atoms. The van der Waals surface area contributed by atoms with Crippen molar-refractivity contribution in [1.82, 2.24) is 4.72 Å². The van der Waals surface area contributed by atoms with E-state index in [1.807, 2.05) is 4.72 Å². The third kappa shape index (κ3) is 5.82. The van der Waals surface area contributed by atoms with Gasteiger partial charge in [0.1, 0.15) is 0 Å². The second kappa shape index (κ2) is 7.30. The Morgan fingerprint density at radius 2 is 1.82 bits per heavy atom. The van der Waals surface area contributed by atoms with Crippen molar-refractivity contribution in [3.05, 3.63) is 29.3 Å². The Labute approximate surface area is 130 Å². The van der Waals surface area contributed by atoms with Gasteiger partial charge >= 0.3 is 12.1 Å². The minimum absolute atomic E-state index is 0.226. The molecule has 0 spiro atoms. The number of benzene rings is 1. The molecule has 1 aromatic rings.